The molecule has 1 aromatic carbocycles. The predicted octanol–water partition coefficient (Wildman–Crippen LogP) is 3.17. The molecule has 16 heavy (non-hydrogen) atoms. The van der Waals surface area contributed by atoms with Crippen LogP contribution in [0.15, 0.2) is 24.3 Å². The minimum atomic E-state index is 0.122. The quantitative estimate of drug-likeness (QED) is 0.818. The van der Waals surface area contributed by atoms with Gasteiger partial charge < -0.3 is 10.4 Å². The highest BCUT2D eigenvalue weighted by atomic mass is 16.3. The van der Waals surface area contributed by atoms with Crippen molar-refractivity contribution >= 4 is 5.69 Å². The molecule has 2 heteroatoms. The topological polar surface area (TPSA) is 32.3 Å². The van der Waals surface area contributed by atoms with Gasteiger partial charge in [0.15, 0.2) is 0 Å². The van der Waals surface area contributed by atoms with E-state index >= 15 is 0 Å². The normalized spacial score (nSPS) is 25.4. The average Bonchev–Trinajstić information content (AvgIpc) is 2.29. The summed E-state index contributed by atoms with van der Waals surface area (Å²) in [6.45, 7) is 2.45. The molecule has 1 saturated carbocycles. The van der Waals surface area contributed by atoms with Gasteiger partial charge in [-0.1, -0.05) is 31.9 Å². The van der Waals surface area contributed by atoms with Crippen LogP contribution in [0.25, 0.3) is 0 Å². The van der Waals surface area contributed by atoms with E-state index in [4.69, 9.17) is 5.11 Å². The highest BCUT2D eigenvalue weighted by Crippen LogP contribution is 2.26. The van der Waals surface area contributed by atoms with Crippen LogP contribution in [-0.4, -0.2) is 11.1 Å². The molecule has 2 unspecified atom stereocenters. The maximum absolute atomic E-state index is 9.08. The van der Waals surface area contributed by atoms with E-state index in [2.05, 4.69) is 18.3 Å². The van der Waals surface area contributed by atoms with Gasteiger partial charge in [0.2, 0.25) is 0 Å². The third kappa shape index (κ3) is 2.99. The number of anilines is 1. The predicted molar refractivity (Wildman–Crippen MR) is 67.4 cm³/mol. The third-order valence-corrected chi connectivity index (χ3v) is 3.42. The van der Waals surface area contributed by atoms with Crippen LogP contribution in [0.3, 0.4) is 0 Å². The summed E-state index contributed by atoms with van der Waals surface area (Å²) in [5, 5.41) is 12.7. The van der Waals surface area contributed by atoms with Gasteiger partial charge in [-0.05, 0) is 36.5 Å². The molecule has 0 amide bonds. The summed E-state index contributed by atoms with van der Waals surface area (Å²) in [7, 11) is 0. The van der Waals surface area contributed by atoms with Crippen molar-refractivity contribution in [1.29, 1.82) is 0 Å². The maximum Gasteiger partial charge on any atom is 0.0682 e. The molecule has 0 radical (unpaired) electrons. The lowest BCUT2D eigenvalue weighted by atomic mass is 9.87. The van der Waals surface area contributed by atoms with E-state index in [1.165, 1.54) is 25.7 Å². The van der Waals surface area contributed by atoms with E-state index < -0.39 is 0 Å². The number of hydrogen-bond acceptors (Lipinski definition) is 2. The molecule has 0 spiro atoms. The Bertz CT molecular complexity index is 337. The lowest BCUT2D eigenvalue weighted by Gasteiger charge is -2.28. The Balaban J connectivity index is 1.97. The van der Waals surface area contributed by atoms with Gasteiger partial charge in [-0.2, -0.15) is 0 Å². The molecule has 2 atom stereocenters. The molecular weight excluding hydrogens is 198 g/mol. The molecule has 0 saturated heterocycles. The molecule has 1 aromatic rings. The Labute approximate surface area is 97.7 Å². The molecule has 2 rings (SSSR count). The zero-order valence-electron chi connectivity index (χ0n) is 9.95. The van der Waals surface area contributed by atoms with Crippen molar-refractivity contribution in [1.82, 2.24) is 0 Å². The summed E-state index contributed by atoms with van der Waals surface area (Å²) in [6.07, 6.45) is 5.24. The third-order valence-electron chi connectivity index (χ3n) is 3.42. The van der Waals surface area contributed by atoms with Gasteiger partial charge in [0.05, 0.1) is 6.61 Å². The number of aliphatic hydroxyl groups is 1. The standard InChI is InChI=1S/C14H21NO/c1-11-4-2-6-13(8-11)15-14-7-3-5-12(9-14)10-16/h3,5,7,9,11,13,15-16H,2,4,6,8,10H2,1H3. The van der Waals surface area contributed by atoms with Crippen molar-refractivity contribution in [2.45, 2.75) is 45.3 Å². The van der Waals surface area contributed by atoms with Crippen molar-refractivity contribution in [3.05, 3.63) is 29.8 Å². The minimum Gasteiger partial charge on any atom is -0.392 e. The van der Waals surface area contributed by atoms with Crippen molar-refractivity contribution in [3.63, 3.8) is 0 Å². The average molecular weight is 219 g/mol. The van der Waals surface area contributed by atoms with E-state index in [1.54, 1.807) is 0 Å². The molecule has 2 nitrogen and oxygen atoms in total. The molecule has 0 heterocycles. The van der Waals surface area contributed by atoms with Gasteiger partial charge >= 0.3 is 0 Å². The van der Waals surface area contributed by atoms with Crippen LogP contribution in [0.2, 0.25) is 0 Å². The van der Waals surface area contributed by atoms with E-state index in [0.29, 0.717) is 6.04 Å². The Morgan fingerprint density at radius 2 is 2.25 bits per heavy atom. The summed E-state index contributed by atoms with van der Waals surface area (Å²) in [5.74, 6) is 0.840. The highest BCUT2D eigenvalue weighted by molar-refractivity contribution is 5.46. The van der Waals surface area contributed by atoms with Crippen LogP contribution in [0.5, 0.6) is 0 Å². The Morgan fingerprint density at radius 1 is 1.38 bits per heavy atom. The zero-order valence-corrected chi connectivity index (χ0v) is 9.95. The fourth-order valence-corrected chi connectivity index (χ4v) is 2.56. The fourth-order valence-electron chi connectivity index (χ4n) is 2.56. The number of rotatable bonds is 3. The summed E-state index contributed by atoms with van der Waals surface area (Å²) < 4.78 is 0. The Hall–Kier alpha value is -1.02. The largest absolute Gasteiger partial charge is 0.392 e. The van der Waals surface area contributed by atoms with Gasteiger partial charge in [-0.3, -0.25) is 0 Å². The summed E-state index contributed by atoms with van der Waals surface area (Å²) in [4.78, 5) is 0. The molecule has 0 aromatic heterocycles. The van der Waals surface area contributed by atoms with E-state index in [9.17, 15) is 0 Å². The molecule has 1 aliphatic rings. The minimum absolute atomic E-state index is 0.122. The number of hydrogen-bond donors (Lipinski definition) is 2. The van der Waals surface area contributed by atoms with Gasteiger partial charge in [-0.25, -0.2) is 0 Å². The maximum atomic E-state index is 9.08. The van der Waals surface area contributed by atoms with Gasteiger partial charge in [0.25, 0.3) is 0 Å². The molecule has 1 fully saturated rings. The van der Waals surface area contributed by atoms with Crippen LogP contribution < -0.4 is 5.32 Å². The molecule has 1 aliphatic carbocycles. The van der Waals surface area contributed by atoms with Crippen LogP contribution in [0, 0.1) is 5.92 Å². The lowest BCUT2D eigenvalue weighted by molar-refractivity contribution is 0.282. The fraction of sp³-hybridized carbons (Fsp3) is 0.571. The Kier molecular flexibility index (Phi) is 3.83. The lowest BCUT2D eigenvalue weighted by Crippen LogP contribution is -2.26. The number of benzene rings is 1. The second-order valence-corrected chi connectivity index (χ2v) is 4.97. The van der Waals surface area contributed by atoms with Gasteiger partial charge in [-0.15, -0.1) is 0 Å². The van der Waals surface area contributed by atoms with Crippen LogP contribution >= 0.6 is 0 Å². The smallest absolute Gasteiger partial charge is 0.0682 e. The first-order valence-electron chi connectivity index (χ1n) is 6.24. The summed E-state index contributed by atoms with van der Waals surface area (Å²) in [5.41, 5.74) is 2.12. The summed E-state index contributed by atoms with van der Waals surface area (Å²) >= 11 is 0. The van der Waals surface area contributed by atoms with Gasteiger partial charge in [0, 0.05) is 11.7 Å². The highest BCUT2D eigenvalue weighted by Gasteiger charge is 2.18. The van der Waals surface area contributed by atoms with Crippen molar-refractivity contribution < 1.29 is 5.11 Å². The monoisotopic (exact) mass is 219 g/mol. The van der Waals surface area contributed by atoms with Crippen molar-refractivity contribution in [3.8, 4) is 0 Å². The number of nitrogens with one attached hydrogen (secondary N) is 1. The second-order valence-electron chi connectivity index (χ2n) is 4.97. The molecule has 0 bridgehead atoms. The SMILES string of the molecule is CC1CCCC(Nc2cccc(CO)c2)C1. The first-order chi connectivity index (χ1) is 7.78. The van der Waals surface area contributed by atoms with Crippen molar-refractivity contribution in [2.75, 3.05) is 5.32 Å². The van der Waals surface area contributed by atoms with Gasteiger partial charge in [0.1, 0.15) is 0 Å². The number of aliphatic hydroxyl groups excluding tert-OH is 1. The van der Waals surface area contributed by atoms with Crippen LogP contribution in [-0.2, 0) is 6.61 Å². The van der Waals surface area contributed by atoms with Crippen LogP contribution in [0.1, 0.15) is 38.2 Å². The molecule has 88 valence electrons. The van der Waals surface area contributed by atoms with E-state index in [1.807, 2.05) is 18.2 Å². The summed E-state index contributed by atoms with van der Waals surface area (Å²) in [6, 6.07) is 8.68. The second kappa shape index (κ2) is 5.35. The molecule has 2 N–H and O–H groups in total. The Morgan fingerprint density at radius 3 is 3.00 bits per heavy atom. The first-order valence-corrected chi connectivity index (χ1v) is 6.24. The van der Waals surface area contributed by atoms with E-state index in [0.717, 1.165) is 17.2 Å². The first kappa shape index (κ1) is 11.5. The zero-order chi connectivity index (χ0) is 11.4. The van der Waals surface area contributed by atoms with Crippen molar-refractivity contribution in [2.24, 2.45) is 5.92 Å². The molecular formula is C14H21NO. The van der Waals surface area contributed by atoms with E-state index in [-0.39, 0.29) is 6.61 Å². The molecule has 0 aliphatic heterocycles. The van der Waals surface area contributed by atoms with Crippen LogP contribution in [0.4, 0.5) is 5.69 Å².